The maximum absolute atomic E-state index is 11.5. The van der Waals surface area contributed by atoms with Crippen molar-refractivity contribution < 1.29 is 4.79 Å². The largest absolute Gasteiger partial charge is 0.295 e. The Bertz CT molecular complexity index is 938. The lowest BCUT2D eigenvalue weighted by atomic mass is 10.1. The topological polar surface area (TPSA) is 59.1 Å². The van der Waals surface area contributed by atoms with Gasteiger partial charge in [0, 0.05) is 11.8 Å². The minimum Gasteiger partial charge on any atom is -0.295 e. The molecule has 0 saturated carbocycles. The fraction of sp³-hybridized carbons (Fsp3) is 0.263. The highest BCUT2D eigenvalue weighted by Gasteiger charge is 2.15. The van der Waals surface area contributed by atoms with E-state index in [1.807, 2.05) is 41.8 Å². The van der Waals surface area contributed by atoms with Crippen LogP contribution in [0.5, 0.6) is 0 Å². The summed E-state index contributed by atoms with van der Waals surface area (Å²) >= 11 is 0. The minimum atomic E-state index is 0.0141. The molecule has 0 fully saturated rings. The lowest BCUT2D eigenvalue weighted by Crippen LogP contribution is -1.90. The van der Waals surface area contributed by atoms with Crippen molar-refractivity contribution in [3.63, 3.8) is 0 Å². The Balaban J connectivity index is 2.07. The number of hydrogen-bond donors (Lipinski definition) is 0. The number of azo groups is 1. The zero-order valence-corrected chi connectivity index (χ0v) is 14.3. The number of aryl methyl sites for hydroxylation is 1. The van der Waals surface area contributed by atoms with Crippen LogP contribution in [0, 0.1) is 6.92 Å². The van der Waals surface area contributed by atoms with Gasteiger partial charge in [-0.3, -0.25) is 9.20 Å². The van der Waals surface area contributed by atoms with Crippen LogP contribution in [0.4, 0.5) is 11.5 Å². The van der Waals surface area contributed by atoms with Crippen molar-refractivity contribution in [2.45, 2.75) is 33.6 Å². The number of imidazole rings is 1. The summed E-state index contributed by atoms with van der Waals surface area (Å²) in [4.78, 5) is 16.2. The minimum absolute atomic E-state index is 0.0141. The molecule has 0 aliphatic carbocycles. The number of carbonyl (C=O) groups excluding carboxylic acids is 1. The number of Topliss-reactive ketones (excluding diaryl/α,β-unsaturated/α-hetero) is 1. The van der Waals surface area contributed by atoms with Gasteiger partial charge in [0.1, 0.15) is 5.65 Å². The Labute approximate surface area is 141 Å². The van der Waals surface area contributed by atoms with Gasteiger partial charge in [-0.1, -0.05) is 26.0 Å². The Morgan fingerprint density at radius 2 is 1.96 bits per heavy atom. The number of benzene rings is 1. The van der Waals surface area contributed by atoms with Crippen molar-refractivity contribution in [1.29, 1.82) is 0 Å². The third-order valence-corrected chi connectivity index (χ3v) is 3.84. The molecule has 1 aromatic carbocycles. The second kappa shape index (κ2) is 6.35. The molecule has 3 aromatic rings. The molecule has 0 aliphatic heterocycles. The number of carbonyl (C=O) groups is 1. The molecular weight excluding hydrogens is 300 g/mol. The first-order valence-corrected chi connectivity index (χ1v) is 7.97. The molecule has 3 rings (SSSR count). The van der Waals surface area contributed by atoms with E-state index in [0.29, 0.717) is 11.3 Å². The van der Waals surface area contributed by atoms with Gasteiger partial charge in [-0.05, 0) is 49.6 Å². The maximum Gasteiger partial charge on any atom is 0.183 e. The van der Waals surface area contributed by atoms with E-state index in [1.54, 1.807) is 19.1 Å². The van der Waals surface area contributed by atoms with E-state index in [4.69, 9.17) is 0 Å². The summed E-state index contributed by atoms with van der Waals surface area (Å²) in [6.45, 7) is 7.76. The predicted molar refractivity (Wildman–Crippen MR) is 94.6 cm³/mol. The number of aromatic nitrogens is 2. The summed E-state index contributed by atoms with van der Waals surface area (Å²) in [6.07, 6.45) is 1.96. The Morgan fingerprint density at radius 1 is 1.17 bits per heavy atom. The summed E-state index contributed by atoms with van der Waals surface area (Å²) in [7, 11) is 0. The highest BCUT2D eigenvalue weighted by molar-refractivity contribution is 5.94. The average Bonchev–Trinajstić information content (AvgIpc) is 2.91. The lowest BCUT2D eigenvalue weighted by molar-refractivity contribution is 0.101. The molecule has 0 radical (unpaired) electrons. The zero-order chi connectivity index (χ0) is 17.3. The lowest BCUT2D eigenvalue weighted by Gasteiger charge is -2.02. The molecule has 24 heavy (non-hydrogen) atoms. The van der Waals surface area contributed by atoms with Crippen molar-refractivity contribution >= 4 is 22.9 Å². The van der Waals surface area contributed by atoms with Crippen LogP contribution in [0.3, 0.4) is 0 Å². The molecule has 0 amide bonds. The first kappa shape index (κ1) is 16.1. The highest BCUT2D eigenvalue weighted by atomic mass is 16.1. The van der Waals surface area contributed by atoms with Crippen LogP contribution >= 0.6 is 0 Å². The van der Waals surface area contributed by atoms with E-state index in [2.05, 4.69) is 29.1 Å². The average molecular weight is 320 g/mol. The van der Waals surface area contributed by atoms with Crippen LogP contribution in [0.2, 0.25) is 0 Å². The van der Waals surface area contributed by atoms with E-state index in [0.717, 1.165) is 22.7 Å². The van der Waals surface area contributed by atoms with Crippen molar-refractivity contribution in [1.82, 2.24) is 9.38 Å². The monoisotopic (exact) mass is 320 g/mol. The summed E-state index contributed by atoms with van der Waals surface area (Å²) in [5.41, 5.74) is 4.21. The molecule has 122 valence electrons. The highest BCUT2D eigenvalue weighted by Crippen LogP contribution is 2.29. The molecule has 0 spiro atoms. The number of pyridine rings is 1. The normalized spacial score (nSPS) is 11.7. The van der Waals surface area contributed by atoms with Gasteiger partial charge in [-0.25, -0.2) is 4.98 Å². The van der Waals surface area contributed by atoms with E-state index in [9.17, 15) is 4.79 Å². The van der Waals surface area contributed by atoms with Gasteiger partial charge >= 0.3 is 0 Å². The quantitative estimate of drug-likeness (QED) is 0.478. The third-order valence-electron chi connectivity index (χ3n) is 3.84. The van der Waals surface area contributed by atoms with Gasteiger partial charge in [0.15, 0.2) is 11.6 Å². The fourth-order valence-corrected chi connectivity index (χ4v) is 2.53. The van der Waals surface area contributed by atoms with Crippen LogP contribution in [-0.2, 0) is 0 Å². The van der Waals surface area contributed by atoms with Crippen molar-refractivity contribution in [2.24, 2.45) is 10.2 Å². The van der Waals surface area contributed by atoms with E-state index in [1.165, 1.54) is 0 Å². The number of hydrogen-bond acceptors (Lipinski definition) is 4. The molecule has 2 aromatic heterocycles. The molecule has 0 saturated heterocycles. The first-order valence-electron chi connectivity index (χ1n) is 7.97. The zero-order valence-electron chi connectivity index (χ0n) is 14.3. The predicted octanol–water partition coefficient (Wildman–Crippen LogP) is 5.38. The van der Waals surface area contributed by atoms with Crippen LogP contribution in [0.25, 0.3) is 5.65 Å². The SMILES string of the molecule is CC(=O)c1cccc(N=Nc2c(C(C)C)nc3cc(C)ccn23)c1. The molecule has 0 N–H and O–H groups in total. The van der Waals surface area contributed by atoms with Crippen molar-refractivity contribution in [3.05, 3.63) is 59.4 Å². The van der Waals surface area contributed by atoms with E-state index in [-0.39, 0.29) is 11.7 Å². The third kappa shape index (κ3) is 3.11. The van der Waals surface area contributed by atoms with Gasteiger partial charge in [-0.2, -0.15) is 0 Å². The second-order valence-electron chi connectivity index (χ2n) is 6.21. The van der Waals surface area contributed by atoms with Gasteiger partial charge in [-0.15, -0.1) is 10.2 Å². The van der Waals surface area contributed by atoms with E-state index >= 15 is 0 Å². The molecule has 5 nitrogen and oxygen atoms in total. The number of fused-ring (bicyclic) bond motifs is 1. The van der Waals surface area contributed by atoms with Gasteiger partial charge in [0.2, 0.25) is 0 Å². The molecule has 0 bridgehead atoms. The van der Waals surface area contributed by atoms with E-state index < -0.39 is 0 Å². The molecule has 0 atom stereocenters. The van der Waals surface area contributed by atoms with Gasteiger partial charge in [0.25, 0.3) is 0 Å². The van der Waals surface area contributed by atoms with Gasteiger partial charge < -0.3 is 0 Å². The summed E-state index contributed by atoms with van der Waals surface area (Å²) in [6, 6.07) is 11.2. The first-order chi connectivity index (χ1) is 11.5. The number of nitrogens with zero attached hydrogens (tertiary/aromatic N) is 4. The molecule has 0 aliphatic rings. The van der Waals surface area contributed by atoms with Crippen LogP contribution in [-0.4, -0.2) is 15.2 Å². The smallest absolute Gasteiger partial charge is 0.183 e. The molecular formula is C19H20N4O. The number of ketones is 1. The van der Waals surface area contributed by atoms with Crippen LogP contribution < -0.4 is 0 Å². The molecule has 2 heterocycles. The summed E-state index contributed by atoms with van der Waals surface area (Å²) < 4.78 is 1.95. The Hall–Kier alpha value is -2.82. The second-order valence-corrected chi connectivity index (χ2v) is 6.21. The van der Waals surface area contributed by atoms with Crippen LogP contribution in [0.1, 0.15) is 48.3 Å². The molecule has 0 unspecified atom stereocenters. The maximum atomic E-state index is 11.5. The summed E-state index contributed by atoms with van der Waals surface area (Å²) in [5.74, 6) is 0.983. The summed E-state index contributed by atoms with van der Waals surface area (Å²) in [5, 5.41) is 8.75. The van der Waals surface area contributed by atoms with Crippen LogP contribution in [0.15, 0.2) is 52.8 Å². The number of rotatable bonds is 4. The molecule has 5 heteroatoms. The van der Waals surface area contributed by atoms with Crippen molar-refractivity contribution in [2.75, 3.05) is 0 Å². The Morgan fingerprint density at radius 3 is 2.67 bits per heavy atom. The Kier molecular flexibility index (Phi) is 4.25. The fourth-order valence-electron chi connectivity index (χ4n) is 2.53. The van der Waals surface area contributed by atoms with Gasteiger partial charge in [0.05, 0.1) is 11.4 Å². The standard InChI is InChI=1S/C19H20N4O/c1-12(2)18-19(23-9-8-13(3)10-17(23)20-18)22-21-16-7-5-6-15(11-16)14(4)24/h5-12H,1-4H3. The van der Waals surface area contributed by atoms with Crippen molar-refractivity contribution in [3.8, 4) is 0 Å².